The van der Waals surface area contributed by atoms with Crippen LogP contribution in [-0.2, 0) is 21.7 Å². The first-order valence-corrected chi connectivity index (χ1v) is 7.22. The standard InChI is InChI=1S/C10H17N3O2S/c1-10(3-5-16(14,15)7-10)8-6-12-9(13-8)2-4-11/h6H,2-5,7,11H2,1H3,(H,12,13). The molecule has 5 nitrogen and oxygen atoms in total. The second-order valence-corrected chi connectivity index (χ2v) is 6.87. The predicted molar refractivity (Wildman–Crippen MR) is 62.0 cm³/mol. The fourth-order valence-corrected chi connectivity index (χ4v) is 4.33. The molecule has 16 heavy (non-hydrogen) atoms. The molecule has 1 aliphatic rings. The van der Waals surface area contributed by atoms with Crippen molar-refractivity contribution in [2.75, 3.05) is 18.1 Å². The summed E-state index contributed by atoms with van der Waals surface area (Å²) in [6.07, 6.45) is 3.11. The molecule has 2 heterocycles. The summed E-state index contributed by atoms with van der Waals surface area (Å²) in [7, 11) is -2.88. The fourth-order valence-electron chi connectivity index (χ4n) is 2.16. The van der Waals surface area contributed by atoms with Crippen molar-refractivity contribution in [3.05, 3.63) is 17.7 Å². The van der Waals surface area contributed by atoms with Gasteiger partial charge in [-0.25, -0.2) is 13.4 Å². The Hall–Kier alpha value is -0.880. The molecule has 90 valence electrons. The first-order valence-electron chi connectivity index (χ1n) is 5.40. The summed E-state index contributed by atoms with van der Waals surface area (Å²) in [4.78, 5) is 7.39. The van der Waals surface area contributed by atoms with E-state index in [1.165, 1.54) is 0 Å². The van der Waals surface area contributed by atoms with Gasteiger partial charge in [0.25, 0.3) is 0 Å². The highest BCUT2D eigenvalue weighted by Crippen LogP contribution is 2.34. The lowest BCUT2D eigenvalue weighted by Gasteiger charge is -2.19. The second-order valence-electron chi connectivity index (χ2n) is 4.68. The van der Waals surface area contributed by atoms with Crippen LogP contribution in [0.5, 0.6) is 0 Å². The molecular formula is C10H17N3O2S. The van der Waals surface area contributed by atoms with Crippen molar-refractivity contribution in [3.63, 3.8) is 0 Å². The monoisotopic (exact) mass is 243 g/mol. The summed E-state index contributed by atoms with van der Waals surface area (Å²) >= 11 is 0. The number of hydrogen-bond donors (Lipinski definition) is 2. The lowest BCUT2D eigenvalue weighted by Crippen LogP contribution is -2.23. The number of aromatic amines is 1. The van der Waals surface area contributed by atoms with Crippen LogP contribution in [0.1, 0.15) is 24.9 Å². The van der Waals surface area contributed by atoms with Crippen LogP contribution in [0, 0.1) is 0 Å². The van der Waals surface area contributed by atoms with Gasteiger partial charge in [-0.2, -0.15) is 0 Å². The lowest BCUT2D eigenvalue weighted by atomic mass is 9.87. The van der Waals surface area contributed by atoms with Gasteiger partial charge >= 0.3 is 0 Å². The molecule has 1 aromatic rings. The Morgan fingerprint density at radius 3 is 2.94 bits per heavy atom. The van der Waals surface area contributed by atoms with Gasteiger partial charge in [0.05, 0.1) is 11.5 Å². The molecule has 0 aromatic carbocycles. The third-order valence-corrected chi connectivity index (χ3v) is 5.07. The second kappa shape index (κ2) is 3.85. The van der Waals surface area contributed by atoms with E-state index in [1.807, 2.05) is 6.92 Å². The fraction of sp³-hybridized carbons (Fsp3) is 0.700. The summed E-state index contributed by atoms with van der Waals surface area (Å²) in [6.45, 7) is 2.51. The Morgan fingerprint density at radius 1 is 1.62 bits per heavy atom. The minimum Gasteiger partial charge on any atom is -0.345 e. The van der Waals surface area contributed by atoms with Gasteiger partial charge in [0, 0.05) is 23.7 Å². The number of nitrogens with two attached hydrogens (primary N) is 1. The smallest absolute Gasteiger partial charge is 0.151 e. The third kappa shape index (κ3) is 2.12. The van der Waals surface area contributed by atoms with Gasteiger partial charge in [-0.05, 0) is 13.0 Å². The van der Waals surface area contributed by atoms with Gasteiger partial charge in [-0.3, -0.25) is 0 Å². The topological polar surface area (TPSA) is 88.8 Å². The zero-order valence-corrected chi connectivity index (χ0v) is 10.2. The number of imidazole rings is 1. The van der Waals surface area contributed by atoms with Gasteiger partial charge in [-0.1, -0.05) is 6.92 Å². The molecule has 1 saturated heterocycles. The number of H-pyrrole nitrogens is 1. The normalized spacial score (nSPS) is 28.4. The van der Waals surface area contributed by atoms with Crippen molar-refractivity contribution in [1.29, 1.82) is 0 Å². The van der Waals surface area contributed by atoms with Gasteiger partial charge in [0.2, 0.25) is 0 Å². The molecule has 0 saturated carbocycles. The van der Waals surface area contributed by atoms with E-state index in [2.05, 4.69) is 9.97 Å². The highest BCUT2D eigenvalue weighted by molar-refractivity contribution is 7.91. The van der Waals surface area contributed by atoms with Crippen molar-refractivity contribution >= 4 is 9.84 Å². The van der Waals surface area contributed by atoms with Crippen molar-refractivity contribution in [3.8, 4) is 0 Å². The van der Waals surface area contributed by atoms with E-state index in [4.69, 9.17) is 5.73 Å². The third-order valence-electron chi connectivity index (χ3n) is 3.16. The maximum absolute atomic E-state index is 11.5. The van der Waals surface area contributed by atoms with Crippen molar-refractivity contribution in [2.24, 2.45) is 5.73 Å². The Kier molecular flexibility index (Phi) is 2.79. The molecule has 0 aliphatic carbocycles. The first kappa shape index (κ1) is 11.6. The average molecular weight is 243 g/mol. The molecule has 0 radical (unpaired) electrons. The Balaban J connectivity index is 2.23. The molecule has 2 rings (SSSR count). The molecule has 1 aromatic heterocycles. The van der Waals surface area contributed by atoms with E-state index in [1.54, 1.807) is 6.20 Å². The predicted octanol–water partition coefficient (Wildman–Crippen LogP) is -0.0129. The Labute approximate surface area is 95.4 Å². The number of aromatic nitrogens is 2. The molecule has 0 amide bonds. The number of rotatable bonds is 3. The minimum absolute atomic E-state index is 0.213. The minimum atomic E-state index is -2.88. The summed E-state index contributed by atoms with van der Waals surface area (Å²) in [5.41, 5.74) is 6.05. The van der Waals surface area contributed by atoms with E-state index >= 15 is 0 Å². The Bertz CT molecular complexity index is 480. The summed E-state index contributed by atoms with van der Waals surface area (Å²) in [5.74, 6) is 1.32. The van der Waals surface area contributed by atoms with Crippen LogP contribution in [-0.4, -0.2) is 36.4 Å². The van der Waals surface area contributed by atoms with Crippen LogP contribution in [0.2, 0.25) is 0 Å². The van der Waals surface area contributed by atoms with E-state index in [-0.39, 0.29) is 16.9 Å². The SMILES string of the molecule is CC1(c2cnc(CCN)[nH]2)CCS(=O)(=O)C1. The van der Waals surface area contributed by atoms with Crippen LogP contribution >= 0.6 is 0 Å². The van der Waals surface area contributed by atoms with E-state index in [0.29, 0.717) is 19.4 Å². The van der Waals surface area contributed by atoms with Crippen LogP contribution < -0.4 is 5.73 Å². The average Bonchev–Trinajstić information content (AvgIpc) is 2.73. The van der Waals surface area contributed by atoms with Crippen LogP contribution in [0.3, 0.4) is 0 Å². The molecule has 1 unspecified atom stereocenters. The highest BCUT2D eigenvalue weighted by atomic mass is 32.2. The van der Waals surface area contributed by atoms with Crippen LogP contribution in [0.15, 0.2) is 6.20 Å². The molecule has 0 bridgehead atoms. The van der Waals surface area contributed by atoms with Gasteiger partial charge < -0.3 is 10.7 Å². The van der Waals surface area contributed by atoms with E-state index in [0.717, 1.165) is 11.5 Å². The van der Waals surface area contributed by atoms with Gasteiger partial charge in [0.15, 0.2) is 9.84 Å². The van der Waals surface area contributed by atoms with E-state index < -0.39 is 9.84 Å². The molecule has 6 heteroatoms. The molecule has 1 fully saturated rings. The number of nitrogens with one attached hydrogen (secondary N) is 1. The summed E-state index contributed by atoms with van der Waals surface area (Å²) in [5, 5.41) is 0. The van der Waals surface area contributed by atoms with Crippen LogP contribution in [0.4, 0.5) is 0 Å². The van der Waals surface area contributed by atoms with Gasteiger partial charge in [-0.15, -0.1) is 0 Å². The van der Waals surface area contributed by atoms with Crippen molar-refractivity contribution in [2.45, 2.75) is 25.2 Å². The largest absolute Gasteiger partial charge is 0.345 e. The lowest BCUT2D eigenvalue weighted by molar-refractivity contribution is 0.521. The van der Waals surface area contributed by atoms with Crippen molar-refractivity contribution < 1.29 is 8.42 Å². The quantitative estimate of drug-likeness (QED) is 0.781. The van der Waals surface area contributed by atoms with Gasteiger partial charge in [0.1, 0.15) is 5.82 Å². The number of sulfone groups is 1. The molecule has 1 atom stereocenters. The molecule has 1 aliphatic heterocycles. The number of nitrogens with zero attached hydrogens (tertiary/aromatic N) is 1. The van der Waals surface area contributed by atoms with Crippen LogP contribution in [0.25, 0.3) is 0 Å². The van der Waals surface area contributed by atoms with E-state index in [9.17, 15) is 8.42 Å². The summed E-state index contributed by atoms with van der Waals surface area (Å²) in [6, 6.07) is 0. The highest BCUT2D eigenvalue weighted by Gasteiger charge is 2.40. The maximum atomic E-state index is 11.5. The molecule has 0 spiro atoms. The molecular weight excluding hydrogens is 226 g/mol. The molecule has 3 N–H and O–H groups in total. The van der Waals surface area contributed by atoms with Crippen molar-refractivity contribution in [1.82, 2.24) is 9.97 Å². The maximum Gasteiger partial charge on any atom is 0.151 e. The zero-order valence-electron chi connectivity index (χ0n) is 9.36. The zero-order chi connectivity index (χ0) is 11.8. The first-order chi connectivity index (χ1) is 7.45. The Morgan fingerprint density at radius 2 is 2.38 bits per heavy atom. The summed E-state index contributed by atoms with van der Waals surface area (Å²) < 4.78 is 23.0. The number of hydrogen-bond acceptors (Lipinski definition) is 4.